The zero-order chi connectivity index (χ0) is 13.3. The fourth-order valence-electron chi connectivity index (χ4n) is 1.69. The van der Waals surface area contributed by atoms with Gasteiger partial charge in [0.1, 0.15) is 12.3 Å². The molecule has 0 aliphatic carbocycles. The number of hydrogen-bond acceptors (Lipinski definition) is 4. The Bertz CT molecular complexity index is 532. The molecule has 18 heavy (non-hydrogen) atoms. The number of para-hydroxylation sites is 2. The van der Waals surface area contributed by atoms with Gasteiger partial charge in [0.25, 0.3) is 5.91 Å². The summed E-state index contributed by atoms with van der Waals surface area (Å²) in [5, 5.41) is -0.981. The Hall–Kier alpha value is -2.08. The molecule has 1 aromatic carbocycles. The molecule has 0 saturated carbocycles. The van der Waals surface area contributed by atoms with Gasteiger partial charge in [-0.2, -0.15) is 0 Å². The van der Waals surface area contributed by atoms with Gasteiger partial charge in [0.15, 0.2) is 0 Å². The average molecular weight is 269 g/mol. The minimum atomic E-state index is -0.981. The molecule has 0 aromatic heterocycles. The monoisotopic (exact) mass is 268 g/mol. The summed E-state index contributed by atoms with van der Waals surface area (Å²) in [6.45, 7) is -0.362. The SMILES string of the molecule is COc1ccccc1N1C(=O)CN(C(=O)Cl)C1=O. The van der Waals surface area contributed by atoms with E-state index >= 15 is 0 Å². The van der Waals surface area contributed by atoms with Crippen molar-refractivity contribution < 1.29 is 19.1 Å². The molecule has 1 aliphatic heterocycles. The second-order valence-corrected chi connectivity index (χ2v) is 3.85. The van der Waals surface area contributed by atoms with E-state index in [2.05, 4.69) is 0 Å². The topological polar surface area (TPSA) is 66.9 Å². The van der Waals surface area contributed by atoms with Crippen LogP contribution in [-0.4, -0.2) is 35.9 Å². The summed E-state index contributed by atoms with van der Waals surface area (Å²) in [7, 11) is 1.42. The molecule has 0 unspecified atom stereocenters. The summed E-state index contributed by atoms with van der Waals surface area (Å²) >= 11 is 5.23. The molecule has 94 valence electrons. The molecule has 2 rings (SSSR count). The number of nitrogens with zero attached hydrogens (tertiary/aromatic N) is 2. The van der Waals surface area contributed by atoms with Crippen LogP contribution in [0.2, 0.25) is 0 Å². The first-order chi connectivity index (χ1) is 8.56. The fraction of sp³-hybridized carbons (Fsp3) is 0.182. The molecule has 0 atom stereocenters. The summed E-state index contributed by atoms with van der Waals surface area (Å²) in [5.41, 5.74) is 0.287. The van der Waals surface area contributed by atoms with Gasteiger partial charge in [0.05, 0.1) is 12.8 Å². The second-order valence-electron chi connectivity index (χ2n) is 3.52. The largest absolute Gasteiger partial charge is 0.495 e. The summed E-state index contributed by atoms with van der Waals surface area (Å²) in [5.74, 6) is -0.165. The van der Waals surface area contributed by atoms with Crippen molar-refractivity contribution in [2.75, 3.05) is 18.6 Å². The molecule has 1 aromatic rings. The molecule has 1 heterocycles. The van der Waals surface area contributed by atoms with E-state index in [0.717, 1.165) is 4.90 Å². The number of methoxy groups -OCH3 is 1. The van der Waals surface area contributed by atoms with E-state index in [9.17, 15) is 14.4 Å². The van der Waals surface area contributed by atoms with Crippen molar-refractivity contribution in [3.05, 3.63) is 24.3 Å². The van der Waals surface area contributed by atoms with E-state index in [0.29, 0.717) is 10.6 Å². The van der Waals surface area contributed by atoms with Crippen LogP contribution in [0.3, 0.4) is 0 Å². The summed E-state index contributed by atoms with van der Waals surface area (Å²) < 4.78 is 5.07. The third-order valence-electron chi connectivity index (χ3n) is 2.50. The Morgan fingerprint density at radius 3 is 2.56 bits per heavy atom. The Morgan fingerprint density at radius 1 is 1.33 bits per heavy atom. The molecule has 0 spiro atoms. The lowest BCUT2D eigenvalue weighted by atomic mass is 10.2. The highest BCUT2D eigenvalue weighted by molar-refractivity contribution is 6.64. The van der Waals surface area contributed by atoms with Crippen molar-refractivity contribution in [3.8, 4) is 5.75 Å². The molecule has 1 fully saturated rings. The van der Waals surface area contributed by atoms with E-state index < -0.39 is 17.3 Å². The Labute approximate surface area is 108 Å². The number of ether oxygens (including phenoxy) is 1. The number of amides is 4. The highest BCUT2D eigenvalue weighted by Crippen LogP contribution is 2.31. The van der Waals surface area contributed by atoms with E-state index in [1.54, 1.807) is 24.3 Å². The molecule has 1 aliphatic rings. The number of carbonyl (C=O) groups excluding carboxylic acids is 3. The molecule has 0 bridgehead atoms. The first-order valence-corrected chi connectivity index (χ1v) is 5.41. The molecular weight excluding hydrogens is 260 g/mol. The second kappa shape index (κ2) is 4.66. The molecule has 6 nitrogen and oxygen atoms in total. The first-order valence-electron chi connectivity index (χ1n) is 5.03. The van der Waals surface area contributed by atoms with Crippen LogP contribution >= 0.6 is 11.6 Å². The van der Waals surface area contributed by atoms with Gasteiger partial charge >= 0.3 is 11.4 Å². The number of rotatable bonds is 2. The van der Waals surface area contributed by atoms with Gasteiger partial charge in [-0.3, -0.25) is 9.59 Å². The van der Waals surface area contributed by atoms with Crippen LogP contribution in [-0.2, 0) is 4.79 Å². The van der Waals surface area contributed by atoms with Crippen LogP contribution in [0.25, 0.3) is 0 Å². The molecule has 4 amide bonds. The lowest BCUT2D eigenvalue weighted by Gasteiger charge is -2.16. The molecule has 0 radical (unpaired) electrons. The number of benzene rings is 1. The summed E-state index contributed by atoms with van der Waals surface area (Å²) in [6, 6.07) is 5.75. The lowest BCUT2D eigenvalue weighted by Crippen LogP contribution is -2.34. The van der Waals surface area contributed by atoms with Crippen molar-refractivity contribution in [2.45, 2.75) is 0 Å². The molecule has 0 N–H and O–H groups in total. The highest BCUT2D eigenvalue weighted by atomic mass is 35.5. The minimum absolute atomic E-state index is 0.287. The maximum atomic E-state index is 11.9. The maximum Gasteiger partial charge on any atom is 0.339 e. The van der Waals surface area contributed by atoms with Gasteiger partial charge in [0, 0.05) is 0 Å². The predicted molar refractivity (Wildman–Crippen MR) is 63.8 cm³/mol. The molecular formula is C11H9ClN2O4. The van der Waals surface area contributed by atoms with E-state index in [-0.39, 0.29) is 12.2 Å². The van der Waals surface area contributed by atoms with Crippen LogP contribution in [0.5, 0.6) is 5.75 Å². The van der Waals surface area contributed by atoms with Gasteiger partial charge in [-0.1, -0.05) is 12.1 Å². The Morgan fingerprint density at radius 2 is 2.00 bits per heavy atom. The van der Waals surface area contributed by atoms with Crippen LogP contribution < -0.4 is 9.64 Å². The van der Waals surface area contributed by atoms with Crippen LogP contribution in [0.15, 0.2) is 24.3 Å². The minimum Gasteiger partial charge on any atom is -0.495 e. The van der Waals surface area contributed by atoms with Gasteiger partial charge < -0.3 is 4.74 Å². The Balaban J connectivity index is 2.42. The lowest BCUT2D eigenvalue weighted by molar-refractivity contribution is -0.116. The number of anilines is 1. The third-order valence-corrected chi connectivity index (χ3v) is 2.71. The molecule has 1 saturated heterocycles. The summed E-state index contributed by atoms with van der Waals surface area (Å²) in [4.78, 5) is 36.2. The van der Waals surface area contributed by atoms with Crippen molar-refractivity contribution >= 4 is 34.6 Å². The van der Waals surface area contributed by atoms with Crippen LogP contribution in [0.4, 0.5) is 15.3 Å². The van der Waals surface area contributed by atoms with E-state index in [1.807, 2.05) is 0 Å². The average Bonchev–Trinajstić information content (AvgIpc) is 2.65. The predicted octanol–water partition coefficient (Wildman–Crippen LogP) is 1.82. The van der Waals surface area contributed by atoms with Gasteiger partial charge in [-0.25, -0.2) is 14.6 Å². The summed E-state index contributed by atoms with van der Waals surface area (Å²) in [6.07, 6.45) is 0. The van der Waals surface area contributed by atoms with Crippen molar-refractivity contribution in [2.24, 2.45) is 0 Å². The zero-order valence-electron chi connectivity index (χ0n) is 9.42. The number of halogens is 1. The van der Waals surface area contributed by atoms with E-state index in [1.165, 1.54) is 7.11 Å². The third kappa shape index (κ3) is 1.91. The standard InChI is InChI=1S/C11H9ClN2O4/c1-18-8-5-3-2-4-7(8)14-9(15)6-13(10(12)16)11(14)17/h2-5H,6H2,1H3. The van der Waals surface area contributed by atoms with Gasteiger partial charge in [-0.15, -0.1) is 0 Å². The van der Waals surface area contributed by atoms with Crippen molar-refractivity contribution in [1.82, 2.24) is 4.90 Å². The number of urea groups is 1. The van der Waals surface area contributed by atoms with Crippen molar-refractivity contribution in [3.63, 3.8) is 0 Å². The van der Waals surface area contributed by atoms with Gasteiger partial charge in [-0.05, 0) is 23.7 Å². The van der Waals surface area contributed by atoms with Crippen molar-refractivity contribution in [1.29, 1.82) is 0 Å². The first kappa shape index (κ1) is 12.4. The van der Waals surface area contributed by atoms with Gasteiger partial charge in [0.2, 0.25) is 0 Å². The van der Waals surface area contributed by atoms with E-state index in [4.69, 9.17) is 16.3 Å². The van der Waals surface area contributed by atoms with Crippen LogP contribution in [0, 0.1) is 0 Å². The number of carbonyl (C=O) groups is 3. The van der Waals surface area contributed by atoms with Crippen LogP contribution in [0.1, 0.15) is 0 Å². The quantitative estimate of drug-likeness (QED) is 0.466. The smallest absolute Gasteiger partial charge is 0.339 e. The zero-order valence-corrected chi connectivity index (χ0v) is 10.2. The highest BCUT2D eigenvalue weighted by Gasteiger charge is 2.41. The normalized spacial score (nSPS) is 15.2. The Kier molecular flexibility index (Phi) is 3.20. The number of imide groups is 2. The maximum absolute atomic E-state index is 11.9. The fourth-order valence-corrected chi connectivity index (χ4v) is 1.82. The molecule has 7 heteroatoms. The number of hydrogen-bond donors (Lipinski definition) is 0.